The van der Waals surface area contributed by atoms with E-state index in [1.807, 2.05) is 39.0 Å². The van der Waals surface area contributed by atoms with Crippen LogP contribution in [0.2, 0.25) is 0 Å². The molecular weight excluding hydrogens is 324 g/mol. The van der Waals surface area contributed by atoms with Gasteiger partial charge in [0.25, 0.3) is 0 Å². The van der Waals surface area contributed by atoms with E-state index in [0.717, 1.165) is 18.4 Å². The highest BCUT2D eigenvalue weighted by molar-refractivity contribution is 7.89. The van der Waals surface area contributed by atoms with Gasteiger partial charge in [-0.25, -0.2) is 13.1 Å². The number of rotatable bonds is 7. The number of carbonyl (C=O) groups is 1. The molecule has 0 fully saturated rings. The number of benzene rings is 1. The summed E-state index contributed by atoms with van der Waals surface area (Å²) in [6.45, 7) is 6.89. The Labute approximate surface area is 145 Å². The molecule has 0 saturated carbocycles. The molecule has 0 aromatic heterocycles. The van der Waals surface area contributed by atoms with E-state index in [1.54, 1.807) is 4.90 Å². The first kappa shape index (κ1) is 18.9. The summed E-state index contributed by atoms with van der Waals surface area (Å²) >= 11 is 0. The topological polar surface area (TPSA) is 66.5 Å². The van der Waals surface area contributed by atoms with Crippen LogP contribution < -0.4 is 4.72 Å². The number of fused-ring (bicyclic) bond motifs is 1. The van der Waals surface area contributed by atoms with Crippen molar-refractivity contribution in [2.45, 2.75) is 52.6 Å². The number of amides is 1. The molecule has 1 aromatic rings. The third-order valence-corrected chi connectivity index (χ3v) is 5.89. The third kappa shape index (κ3) is 4.80. The van der Waals surface area contributed by atoms with E-state index in [-0.39, 0.29) is 17.6 Å². The maximum Gasteiger partial charge on any atom is 0.241 e. The van der Waals surface area contributed by atoms with Crippen LogP contribution >= 0.6 is 0 Å². The largest absolute Gasteiger partial charge is 0.337 e. The van der Waals surface area contributed by atoms with E-state index in [9.17, 15) is 13.2 Å². The smallest absolute Gasteiger partial charge is 0.241 e. The van der Waals surface area contributed by atoms with Crippen LogP contribution in [0, 0.1) is 5.92 Å². The first-order valence-corrected chi connectivity index (χ1v) is 10.3. The van der Waals surface area contributed by atoms with Crippen molar-refractivity contribution in [2.24, 2.45) is 5.92 Å². The van der Waals surface area contributed by atoms with Crippen molar-refractivity contribution in [1.29, 1.82) is 0 Å². The zero-order valence-corrected chi connectivity index (χ0v) is 15.6. The fourth-order valence-electron chi connectivity index (χ4n) is 2.94. The van der Waals surface area contributed by atoms with Gasteiger partial charge in [-0.2, -0.15) is 0 Å². The van der Waals surface area contributed by atoms with Crippen LogP contribution in [0.25, 0.3) is 0 Å². The number of nitrogens with one attached hydrogen (secondary N) is 1. The molecular formula is C18H28N2O3S. The molecule has 1 aliphatic heterocycles. The summed E-state index contributed by atoms with van der Waals surface area (Å²) in [4.78, 5) is 14.7. The van der Waals surface area contributed by atoms with Gasteiger partial charge in [0, 0.05) is 13.1 Å². The fourth-order valence-corrected chi connectivity index (χ4v) is 4.49. The Morgan fingerprint density at radius 2 is 1.92 bits per heavy atom. The zero-order valence-electron chi connectivity index (χ0n) is 14.8. The lowest BCUT2D eigenvalue weighted by Crippen LogP contribution is -2.52. The standard InChI is InChI=1S/C18H28N2O3S/c1-4-5-12-24(22,23)19-17(14(2)3)18(21)20-11-10-15-8-6-7-9-16(15)13-20/h6-9,14,17,19H,4-5,10-13H2,1-3H3/t17-/m1/s1. The summed E-state index contributed by atoms with van der Waals surface area (Å²) in [6.07, 6.45) is 2.23. The van der Waals surface area contributed by atoms with Crippen molar-refractivity contribution in [2.75, 3.05) is 12.3 Å². The van der Waals surface area contributed by atoms with Crippen molar-refractivity contribution in [3.63, 3.8) is 0 Å². The van der Waals surface area contributed by atoms with Crippen molar-refractivity contribution in [3.8, 4) is 0 Å². The summed E-state index contributed by atoms with van der Waals surface area (Å²) < 4.78 is 27.0. The zero-order chi connectivity index (χ0) is 17.7. The molecule has 0 bridgehead atoms. The maximum atomic E-state index is 12.9. The maximum absolute atomic E-state index is 12.9. The van der Waals surface area contributed by atoms with E-state index >= 15 is 0 Å². The van der Waals surface area contributed by atoms with E-state index in [2.05, 4.69) is 10.8 Å². The van der Waals surface area contributed by atoms with Gasteiger partial charge in [-0.05, 0) is 29.9 Å². The quantitative estimate of drug-likeness (QED) is 0.819. The lowest BCUT2D eigenvalue weighted by Gasteiger charge is -2.33. The second-order valence-corrected chi connectivity index (χ2v) is 8.66. The predicted molar refractivity (Wildman–Crippen MR) is 96.0 cm³/mol. The Morgan fingerprint density at radius 3 is 2.54 bits per heavy atom. The second-order valence-electron chi connectivity index (χ2n) is 6.79. The summed E-state index contributed by atoms with van der Waals surface area (Å²) in [5, 5.41) is 0. The molecule has 2 rings (SSSR count). The van der Waals surface area contributed by atoms with Gasteiger partial charge < -0.3 is 4.90 Å². The van der Waals surface area contributed by atoms with Gasteiger partial charge >= 0.3 is 0 Å². The molecule has 0 unspecified atom stereocenters. The Morgan fingerprint density at radius 1 is 1.25 bits per heavy atom. The van der Waals surface area contributed by atoms with Crippen LogP contribution in [-0.4, -0.2) is 37.6 Å². The molecule has 1 amide bonds. The molecule has 0 spiro atoms. The summed E-state index contributed by atoms with van der Waals surface area (Å²) in [6, 6.07) is 7.40. The molecule has 1 atom stereocenters. The lowest BCUT2D eigenvalue weighted by atomic mass is 9.97. The summed E-state index contributed by atoms with van der Waals surface area (Å²) in [7, 11) is -3.43. The molecule has 1 aromatic carbocycles. The van der Waals surface area contributed by atoms with Crippen molar-refractivity contribution in [3.05, 3.63) is 35.4 Å². The Hall–Kier alpha value is -1.40. The van der Waals surface area contributed by atoms with Crippen LogP contribution in [0.1, 0.15) is 44.7 Å². The van der Waals surface area contributed by atoms with Crippen molar-refractivity contribution < 1.29 is 13.2 Å². The van der Waals surface area contributed by atoms with Gasteiger partial charge in [0.2, 0.25) is 15.9 Å². The number of hydrogen-bond acceptors (Lipinski definition) is 3. The first-order chi connectivity index (χ1) is 11.3. The van der Waals surface area contributed by atoms with Gasteiger partial charge in [0.15, 0.2) is 0 Å². The second kappa shape index (κ2) is 8.12. The number of nitrogens with zero attached hydrogens (tertiary/aromatic N) is 1. The Kier molecular flexibility index (Phi) is 6.40. The normalized spacial score (nSPS) is 16.1. The van der Waals surface area contributed by atoms with E-state index in [0.29, 0.717) is 19.5 Å². The fraction of sp³-hybridized carbons (Fsp3) is 0.611. The average Bonchev–Trinajstić information content (AvgIpc) is 2.56. The molecule has 134 valence electrons. The molecule has 5 nitrogen and oxygen atoms in total. The van der Waals surface area contributed by atoms with Crippen LogP contribution in [0.5, 0.6) is 0 Å². The first-order valence-electron chi connectivity index (χ1n) is 8.69. The molecule has 0 aliphatic carbocycles. The minimum absolute atomic E-state index is 0.0723. The minimum Gasteiger partial charge on any atom is -0.337 e. The van der Waals surface area contributed by atoms with Crippen LogP contribution in [0.4, 0.5) is 0 Å². The molecule has 24 heavy (non-hydrogen) atoms. The van der Waals surface area contributed by atoms with Crippen molar-refractivity contribution >= 4 is 15.9 Å². The molecule has 1 N–H and O–H groups in total. The monoisotopic (exact) mass is 352 g/mol. The number of carbonyl (C=O) groups excluding carboxylic acids is 1. The highest BCUT2D eigenvalue weighted by Crippen LogP contribution is 2.20. The van der Waals surface area contributed by atoms with Crippen LogP contribution in [-0.2, 0) is 27.8 Å². The summed E-state index contributed by atoms with van der Waals surface area (Å²) in [5.41, 5.74) is 2.42. The molecule has 0 radical (unpaired) electrons. The van der Waals surface area contributed by atoms with Gasteiger partial charge in [-0.15, -0.1) is 0 Å². The van der Waals surface area contributed by atoms with Crippen molar-refractivity contribution in [1.82, 2.24) is 9.62 Å². The number of unbranched alkanes of at least 4 members (excludes halogenated alkanes) is 1. The molecule has 6 heteroatoms. The Balaban J connectivity index is 2.10. The predicted octanol–water partition coefficient (Wildman–Crippen LogP) is 2.32. The van der Waals surface area contributed by atoms with Gasteiger partial charge in [0.05, 0.1) is 5.75 Å². The average molecular weight is 353 g/mol. The SMILES string of the molecule is CCCCS(=O)(=O)N[C@@H](C(=O)N1CCc2ccccc2C1)C(C)C. The number of hydrogen-bond donors (Lipinski definition) is 1. The van der Waals surface area contributed by atoms with Crippen LogP contribution in [0.3, 0.4) is 0 Å². The highest BCUT2D eigenvalue weighted by Gasteiger charge is 2.32. The summed E-state index contributed by atoms with van der Waals surface area (Å²) in [5.74, 6) is -0.145. The van der Waals surface area contributed by atoms with Crippen LogP contribution in [0.15, 0.2) is 24.3 Å². The van der Waals surface area contributed by atoms with E-state index < -0.39 is 16.1 Å². The minimum atomic E-state index is -3.43. The van der Waals surface area contributed by atoms with E-state index in [4.69, 9.17) is 0 Å². The van der Waals surface area contributed by atoms with Gasteiger partial charge in [0.1, 0.15) is 6.04 Å². The van der Waals surface area contributed by atoms with Gasteiger partial charge in [-0.3, -0.25) is 4.79 Å². The highest BCUT2D eigenvalue weighted by atomic mass is 32.2. The third-order valence-electron chi connectivity index (χ3n) is 4.45. The Bertz CT molecular complexity index is 671. The van der Waals surface area contributed by atoms with E-state index in [1.165, 1.54) is 5.56 Å². The molecule has 1 aliphatic rings. The molecule has 0 saturated heterocycles. The number of sulfonamides is 1. The molecule has 1 heterocycles. The lowest BCUT2D eigenvalue weighted by molar-refractivity contribution is -0.135. The van der Waals surface area contributed by atoms with Gasteiger partial charge in [-0.1, -0.05) is 51.5 Å².